The van der Waals surface area contributed by atoms with E-state index < -0.39 is 0 Å². The van der Waals surface area contributed by atoms with E-state index >= 15 is 0 Å². The lowest BCUT2D eigenvalue weighted by molar-refractivity contribution is -0.122. The van der Waals surface area contributed by atoms with Gasteiger partial charge in [-0.1, -0.05) is 12.1 Å². The summed E-state index contributed by atoms with van der Waals surface area (Å²) < 4.78 is 10.2. The predicted molar refractivity (Wildman–Crippen MR) is 88.7 cm³/mol. The van der Waals surface area contributed by atoms with Crippen LogP contribution in [0.1, 0.15) is 29.3 Å². The minimum Gasteiger partial charge on any atom is -0.462 e. The number of halogens is 1. The molecule has 6 nitrogen and oxygen atoms in total. The lowest BCUT2D eigenvalue weighted by Gasteiger charge is -2.23. The lowest BCUT2D eigenvalue weighted by Crippen LogP contribution is -2.44. The number of hydrogen-bond acceptors (Lipinski definition) is 5. The van der Waals surface area contributed by atoms with Crippen molar-refractivity contribution in [2.75, 3.05) is 26.4 Å². The van der Waals surface area contributed by atoms with Crippen LogP contribution in [0.15, 0.2) is 24.3 Å². The number of amides is 1. The molecule has 1 amide bonds. The van der Waals surface area contributed by atoms with Gasteiger partial charge < -0.3 is 20.1 Å². The van der Waals surface area contributed by atoms with Gasteiger partial charge in [-0.15, -0.1) is 12.4 Å². The Kier molecular flexibility index (Phi) is 8.61. The van der Waals surface area contributed by atoms with Crippen LogP contribution in [-0.2, 0) is 20.8 Å². The van der Waals surface area contributed by atoms with Crippen molar-refractivity contribution < 1.29 is 19.1 Å². The van der Waals surface area contributed by atoms with Crippen molar-refractivity contribution in [1.82, 2.24) is 10.6 Å². The molecule has 0 spiro atoms. The van der Waals surface area contributed by atoms with Crippen molar-refractivity contribution in [3.63, 3.8) is 0 Å². The van der Waals surface area contributed by atoms with E-state index in [1.165, 1.54) is 0 Å². The van der Waals surface area contributed by atoms with Gasteiger partial charge in [-0.25, -0.2) is 4.79 Å². The van der Waals surface area contributed by atoms with Gasteiger partial charge in [-0.2, -0.15) is 0 Å². The fourth-order valence-corrected chi connectivity index (χ4v) is 2.22. The molecule has 1 aromatic rings. The third-order valence-electron chi connectivity index (χ3n) is 3.38. The van der Waals surface area contributed by atoms with Crippen LogP contribution in [0.3, 0.4) is 0 Å². The Morgan fingerprint density at radius 1 is 1.35 bits per heavy atom. The van der Waals surface area contributed by atoms with Gasteiger partial charge in [0.15, 0.2) is 0 Å². The highest BCUT2D eigenvalue weighted by molar-refractivity contribution is 5.89. The molecule has 0 bridgehead atoms. The summed E-state index contributed by atoms with van der Waals surface area (Å²) in [6.45, 7) is 4.62. The number of nitrogens with one attached hydrogen (secondary N) is 2. The quantitative estimate of drug-likeness (QED) is 0.762. The molecule has 1 aliphatic heterocycles. The number of ether oxygens (including phenoxy) is 2. The van der Waals surface area contributed by atoms with E-state index in [1.54, 1.807) is 19.1 Å². The Hall–Kier alpha value is -1.63. The van der Waals surface area contributed by atoms with E-state index in [9.17, 15) is 9.59 Å². The first-order valence-corrected chi connectivity index (χ1v) is 7.53. The SMILES string of the molecule is CCOC(=O)c1ccc(CNC(=O)CC2COCCN2)cc1.Cl. The minimum absolute atomic E-state index is 0. The van der Waals surface area contributed by atoms with Gasteiger partial charge in [0.25, 0.3) is 0 Å². The normalized spacial score (nSPS) is 17.0. The number of esters is 1. The summed E-state index contributed by atoms with van der Waals surface area (Å²) in [7, 11) is 0. The monoisotopic (exact) mass is 342 g/mol. The molecule has 1 atom stereocenters. The Bertz CT molecular complexity index is 501. The van der Waals surface area contributed by atoms with Crippen molar-refractivity contribution in [2.45, 2.75) is 25.9 Å². The molecular formula is C16H23ClN2O4. The smallest absolute Gasteiger partial charge is 0.338 e. The van der Waals surface area contributed by atoms with Crippen molar-refractivity contribution in [3.05, 3.63) is 35.4 Å². The van der Waals surface area contributed by atoms with E-state index in [4.69, 9.17) is 9.47 Å². The first-order chi connectivity index (χ1) is 10.7. The zero-order valence-corrected chi connectivity index (χ0v) is 14.0. The van der Waals surface area contributed by atoms with Crippen LogP contribution in [0, 0.1) is 0 Å². The topological polar surface area (TPSA) is 76.7 Å². The Balaban J connectivity index is 0.00000264. The fraction of sp³-hybridized carbons (Fsp3) is 0.500. The third kappa shape index (κ3) is 6.56. The standard InChI is InChI=1S/C16H22N2O4.ClH/c1-2-22-16(20)13-5-3-12(4-6-13)10-18-15(19)9-14-11-21-8-7-17-14;/h3-6,14,17H,2,7-11H2,1H3,(H,18,19);1H. The van der Waals surface area contributed by atoms with Crippen LogP contribution in [0.25, 0.3) is 0 Å². The molecule has 1 aromatic carbocycles. The number of rotatable bonds is 6. The molecule has 23 heavy (non-hydrogen) atoms. The number of morpholine rings is 1. The summed E-state index contributed by atoms with van der Waals surface area (Å²) in [6, 6.07) is 7.12. The number of hydrogen-bond donors (Lipinski definition) is 2. The Labute approximate surface area is 142 Å². The van der Waals surface area contributed by atoms with Crippen LogP contribution in [0.4, 0.5) is 0 Å². The zero-order chi connectivity index (χ0) is 15.8. The largest absolute Gasteiger partial charge is 0.462 e. The molecule has 1 unspecified atom stereocenters. The minimum atomic E-state index is -0.332. The molecule has 0 aromatic heterocycles. The van der Waals surface area contributed by atoms with Crippen molar-refractivity contribution in [3.8, 4) is 0 Å². The number of benzene rings is 1. The van der Waals surface area contributed by atoms with Crippen LogP contribution < -0.4 is 10.6 Å². The highest BCUT2D eigenvalue weighted by Crippen LogP contribution is 2.06. The summed E-state index contributed by atoms with van der Waals surface area (Å²) in [5.41, 5.74) is 1.45. The second-order valence-corrected chi connectivity index (χ2v) is 5.12. The van der Waals surface area contributed by atoms with Crippen LogP contribution in [-0.4, -0.2) is 44.3 Å². The maximum Gasteiger partial charge on any atom is 0.338 e. The first kappa shape index (κ1) is 19.4. The van der Waals surface area contributed by atoms with Gasteiger partial charge in [-0.05, 0) is 24.6 Å². The van der Waals surface area contributed by atoms with Gasteiger partial charge in [0.05, 0.1) is 25.4 Å². The molecular weight excluding hydrogens is 320 g/mol. The third-order valence-corrected chi connectivity index (χ3v) is 3.38. The second kappa shape index (κ2) is 10.2. The second-order valence-electron chi connectivity index (χ2n) is 5.12. The maximum absolute atomic E-state index is 11.9. The van der Waals surface area contributed by atoms with E-state index in [1.807, 2.05) is 12.1 Å². The molecule has 1 heterocycles. The average molecular weight is 343 g/mol. The van der Waals surface area contributed by atoms with Gasteiger partial charge in [-0.3, -0.25) is 4.79 Å². The summed E-state index contributed by atoms with van der Waals surface area (Å²) >= 11 is 0. The highest BCUT2D eigenvalue weighted by atomic mass is 35.5. The fourth-order valence-electron chi connectivity index (χ4n) is 2.22. The molecule has 1 saturated heterocycles. The first-order valence-electron chi connectivity index (χ1n) is 7.53. The van der Waals surface area contributed by atoms with Gasteiger partial charge >= 0.3 is 5.97 Å². The molecule has 2 N–H and O–H groups in total. The molecule has 1 aliphatic rings. The molecule has 2 rings (SSSR count). The van der Waals surface area contributed by atoms with Crippen molar-refractivity contribution in [2.24, 2.45) is 0 Å². The molecule has 128 valence electrons. The average Bonchev–Trinajstić information content (AvgIpc) is 2.54. The van der Waals surface area contributed by atoms with Crippen LogP contribution in [0.2, 0.25) is 0 Å². The summed E-state index contributed by atoms with van der Waals surface area (Å²) in [5, 5.41) is 6.11. The summed E-state index contributed by atoms with van der Waals surface area (Å²) in [5.74, 6) is -0.348. The van der Waals surface area contributed by atoms with Crippen molar-refractivity contribution >= 4 is 24.3 Å². The van der Waals surface area contributed by atoms with Gasteiger partial charge in [0, 0.05) is 25.6 Å². The lowest BCUT2D eigenvalue weighted by atomic mass is 10.1. The zero-order valence-electron chi connectivity index (χ0n) is 13.2. The van der Waals surface area contributed by atoms with E-state index in [-0.39, 0.29) is 30.3 Å². The number of carbonyl (C=O) groups is 2. The summed E-state index contributed by atoms with van der Waals surface area (Å²) in [6.07, 6.45) is 0.404. The molecule has 0 radical (unpaired) electrons. The van der Waals surface area contributed by atoms with Crippen LogP contribution in [0.5, 0.6) is 0 Å². The molecule has 7 heteroatoms. The highest BCUT2D eigenvalue weighted by Gasteiger charge is 2.16. The maximum atomic E-state index is 11.9. The van der Waals surface area contributed by atoms with Crippen LogP contribution >= 0.6 is 12.4 Å². The van der Waals surface area contributed by atoms with E-state index in [0.29, 0.717) is 38.3 Å². The molecule has 0 aliphatic carbocycles. The van der Waals surface area contributed by atoms with E-state index in [2.05, 4.69) is 10.6 Å². The van der Waals surface area contributed by atoms with Gasteiger partial charge in [0.2, 0.25) is 5.91 Å². The summed E-state index contributed by atoms with van der Waals surface area (Å²) in [4.78, 5) is 23.4. The molecule has 1 fully saturated rings. The van der Waals surface area contributed by atoms with Gasteiger partial charge in [0.1, 0.15) is 0 Å². The number of carbonyl (C=O) groups excluding carboxylic acids is 2. The Morgan fingerprint density at radius 2 is 2.09 bits per heavy atom. The predicted octanol–water partition coefficient (Wildman–Crippen LogP) is 1.28. The Morgan fingerprint density at radius 3 is 2.70 bits per heavy atom. The van der Waals surface area contributed by atoms with Crippen molar-refractivity contribution in [1.29, 1.82) is 0 Å². The molecule has 0 saturated carbocycles. The van der Waals surface area contributed by atoms with E-state index in [0.717, 1.165) is 12.1 Å².